The van der Waals surface area contributed by atoms with Crippen LogP contribution in [0.2, 0.25) is 0 Å². The van der Waals surface area contributed by atoms with Crippen molar-refractivity contribution in [1.29, 1.82) is 0 Å². The lowest BCUT2D eigenvalue weighted by Crippen LogP contribution is -2.24. The summed E-state index contributed by atoms with van der Waals surface area (Å²) in [4.78, 5) is 11.6. The van der Waals surface area contributed by atoms with Gasteiger partial charge in [-0.05, 0) is 31.7 Å². The first kappa shape index (κ1) is 12.8. The first-order valence-corrected chi connectivity index (χ1v) is 5.57. The van der Waals surface area contributed by atoms with Crippen molar-refractivity contribution in [3.63, 3.8) is 0 Å². The van der Waals surface area contributed by atoms with Crippen molar-refractivity contribution in [1.82, 2.24) is 5.32 Å². The maximum atomic E-state index is 11.6. The SMILES string of the molecule is Cc1cc(C(=O)NCCCC(C)CO)co1. The van der Waals surface area contributed by atoms with Crippen molar-refractivity contribution in [2.75, 3.05) is 13.2 Å². The minimum atomic E-state index is -0.103. The molecule has 2 N–H and O–H groups in total. The third-order valence-electron chi connectivity index (χ3n) is 2.46. The number of aliphatic hydroxyl groups excluding tert-OH is 1. The largest absolute Gasteiger partial charge is 0.469 e. The molecule has 1 rings (SSSR count). The Bertz CT molecular complexity index is 333. The van der Waals surface area contributed by atoms with Gasteiger partial charge < -0.3 is 14.8 Å². The van der Waals surface area contributed by atoms with Gasteiger partial charge in [0.2, 0.25) is 0 Å². The van der Waals surface area contributed by atoms with E-state index in [4.69, 9.17) is 9.52 Å². The van der Waals surface area contributed by atoms with Gasteiger partial charge in [-0.15, -0.1) is 0 Å². The smallest absolute Gasteiger partial charge is 0.254 e. The number of aryl methyl sites for hydroxylation is 1. The Morgan fingerprint density at radius 1 is 1.62 bits per heavy atom. The average molecular weight is 225 g/mol. The molecule has 0 aliphatic carbocycles. The van der Waals surface area contributed by atoms with Crippen molar-refractivity contribution in [2.24, 2.45) is 5.92 Å². The van der Waals surface area contributed by atoms with Crippen LogP contribution in [-0.2, 0) is 0 Å². The number of nitrogens with one attached hydrogen (secondary N) is 1. The Labute approximate surface area is 95.7 Å². The predicted molar refractivity (Wildman–Crippen MR) is 61.3 cm³/mol. The summed E-state index contributed by atoms with van der Waals surface area (Å²) < 4.78 is 5.05. The number of aliphatic hydroxyl groups is 1. The minimum Gasteiger partial charge on any atom is -0.469 e. The summed E-state index contributed by atoms with van der Waals surface area (Å²) in [6.45, 7) is 4.63. The number of furan rings is 1. The van der Waals surface area contributed by atoms with Crippen LogP contribution >= 0.6 is 0 Å². The zero-order chi connectivity index (χ0) is 12.0. The summed E-state index contributed by atoms with van der Waals surface area (Å²) in [5.74, 6) is 0.931. The van der Waals surface area contributed by atoms with Gasteiger partial charge in [-0.25, -0.2) is 0 Å². The van der Waals surface area contributed by atoms with Crippen molar-refractivity contribution >= 4 is 5.91 Å². The first-order valence-electron chi connectivity index (χ1n) is 5.57. The zero-order valence-electron chi connectivity index (χ0n) is 9.82. The van der Waals surface area contributed by atoms with E-state index in [1.54, 1.807) is 13.0 Å². The highest BCUT2D eigenvalue weighted by Crippen LogP contribution is 2.06. The normalized spacial score (nSPS) is 12.4. The van der Waals surface area contributed by atoms with Crippen molar-refractivity contribution in [3.05, 3.63) is 23.7 Å². The minimum absolute atomic E-state index is 0.103. The molecule has 1 unspecified atom stereocenters. The molecule has 0 saturated heterocycles. The molecule has 0 aromatic carbocycles. The molecule has 90 valence electrons. The van der Waals surface area contributed by atoms with Crippen LogP contribution in [0.3, 0.4) is 0 Å². The van der Waals surface area contributed by atoms with E-state index in [-0.39, 0.29) is 12.5 Å². The summed E-state index contributed by atoms with van der Waals surface area (Å²) >= 11 is 0. The average Bonchev–Trinajstić information content (AvgIpc) is 2.70. The van der Waals surface area contributed by atoms with Gasteiger partial charge in [-0.1, -0.05) is 6.92 Å². The van der Waals surface area contributed by atoms with E-state index >= 15 is 0 Å². The summed E-state index contributed by atoms with van der Waals surface area (Å²) in [7, 11) is 0. The van der Waals surface area contributed by atoms with E-state index in [2.05, 4.69) is 5.32 Å². The lowest BCUT2D eigenvalue weighted by Gasteiger charge is -2.07. The molecule has 1 aromatic heterocycles. The number of carbonyl (C=O) groups is 1. The van der Waals surface area contributed by atoms with Crippen LogP contribution in [0.4, 0.5) is 0 Å². The predicted octanol–water partition coefficient (Wildman–Crippen LogP) is 1.73. The number of rotatable bonds is 6. The van der Waals surface area contributed by atoms with Crippen LogP contribution in [0.1, 0.15) is 35.9 Å². The molecule has 4 heteroatoms. The Kier molecular flexibility index (Phi) is 5.05. The highest BCUT2D eigenvalue weighted by molar-refractivity contribution is 5.93. The number of carbonyl (C=O) groups excluding carboxylic acids is 1. The first-order chi connectivity index (χ1) is 7.63. The molecule has 0 fully saturated rings. The molecule has 1 aromatic rings. The summed E-state index contributed by atoms with van der Waals surface area (Å²) in [5.41, 5.74) is 0.563. The van der Waals surface area contributed by atoms with Crippen molar-refractivity contribution in [2.45, 2.75) is 26.7 Å². The quantitative estimate of drug-likeness (QED) is 0.725. The van der Waals surface area contributed by atoms with Crippen LogP contribution in [-0.4, -0.2) is 24.2 Å². The van der Waals surface area contributed by atoms with Gasteiger partial charge in [0.25, 0.3) is 5.91 Å². The monoisotopic (exact) mass is 225 g/mol. The number of amides is 1. The molecule has 4 nitrogen and oxygen atoms in total. The number of hydrogen-bond donors (Lipinski definition) is 2. The zero-order valence-corrected chi connectivity index (χ0v) is 9.82. The summed E-state index contributed by atoms with van der Waals surface area (Å²) in [6, 6.07) is 1.71. The molecular weight excluding hydrogens is 206 g/mol. The van der Waals surface area contributed by atoms with Crippen molar-refractivity contribution < 1.29 is 14.3 Å². The molecule has 0 saturated carbocycles. The third-order valence-corrected chi connectivity index (χ3v) is 2.46. The van der Waals surface area contributed by atoms with E-state index in [1.807, 2.05) is 6.92 Å². The van der Waals surface area contributed by atoms with Gasteiger partial charge in [0.15, 0.2) is 0 Å². The maximum absolute atomic E-state index is 11.6. The molecule has 0 radical (unpaired) electrons. The fourth-order valence-corrected chi connectivity index (χ4v) is 1.41. The fraction of sp³-hybridized carbons (Fsp3) is 0.583. The van der Waals surface area contributed by atoms with Gasteiger partial charge in [0, 0.05) is 13.2 Å². The van der Waals surface area contributed by atoms with Crippen LogP contribution in [0.25, 0.3) is 0 Å². The topological polar surface area (TPSA) is 62.5 Å². The standard InChI is InChI=1S/C12H19NO3/c1-9(7-14)4-3-5-13-12(15)11-6-10(2)16-8-11/h6,8-9,14H,3-5,7H2,1-2H3,(H,13,15). The number of hydrogen-bond acceptors (Lipinski definition) is 3. The van der Waals surface area contributed by atoms with Crippen LogP contribution in [0.5, 0.6) is 0 Å². The molecular formula is C12H19NO3. The molecule has 1 amide bonds. The van der Waals surface area contributed by atoms with E-state index in [0.717, 1.165) is 18.6 Å². The molecule has 0 bridgehead atoms. The molecule has 0 spiro atoms. The highest BCUT2D eigenvalue weighted by atomic mass is 16.3. The van der Waals surface area contributed by atoms with Gasteiger partial charge in [0.1, 0.15) is 12.0 Å². The van der Waals surface area contributed by atoms with E-state index in [9.17, 15) is 4.79 Å². The van der Waals surface area contributed by atoms with E-state index in [0.29, 0.717) is 18.0 Å². The second-order valence-corrected chi connectivity index (χ2v) is 4.13. The maximum Gasteiger partial charge on any atom is 0.254 e. The second-order valence-electron chi connectivity index (χ2n) is 4.13. The molecule has 1 atom stereocenters. The van der Waals surface area contributed by atoms with Crippen molar-refractivity contribution in [3.8, 4) is 0 Å². The molecule has 16 heavy (non-hydrogen) atoms. The summed E-state index contributed by atoms with van der Waals surface area (Å²) in [5, 5.41) is 11.6. The van der Waals surface area contributed by atoms with Crippen LogP contribution in [0.15, 0.2) is 16.7 Å². The highest BCUT2D eigenvalue weighted by Gasteiger charge is 2.07. The van der Waals surface area contributed by atoms with Crippen LogP contribution in [0, 0.1) is 12.8 Å². The van der Waals surface area contributed by atoms with Gasteiger partial charge >= 0.3 is 0 Å². The third kappa shape index (κ3) is 4.06. The molecule has 0 aliphatic rings. The fourth-order valence-electron chi connectivity index (χ4n) is 1.41. The molecule has 0 aliphatic heterocycles. The summed E-state index contributed by atoms with van der Waals surface area (Å²) in [6.07, 6.45) is 3.26. The second kappa shape index (κ2) is 6.33. The Balaban J connectivity index is 2.21. The van der Waals surface area contributed by atoms with Crippen LogP contribution < -0.4 is 5.32 Å². The van der Waals surface area contributed by atoms with E-state index in [1.165, 1.54) is 6.26 Å². The Morgan fingerprint density at radius 3 is 2.94 bits per heavy atom. The Hall–Kier alpha value is -1.29. The molecule has 1 heterocycles. The Morgan fingerprint density at radius 2 is 2.38 bits per heavy atom. The van der Waals surface area contributed by atoms with Gasteiger partial charge in [-0.3, -0.25) is 4.79 Å². The lowest BCUT2D eigenvalue weighted by molar-refractivity contribution is 0.0951. The van der Waals surface area contributed by atoms with E-state index < -0.39 is 0 Å². The lowest BCUT2D eigenvalue weighted by atomic mass is 10.1. The van der Waals surface area contributed by atoms with Gasteiger partial charge in [-0.2, -0.15) is 0 Å². The van der Waals surface area contributed by atoms with Gasteiger partial charge in [0.05, 0.1) is 5.56 Å².